The van der Waals surface area contributed by atoms with E-state index in [0.29, 0.717) is 22.5 Å². The highest BCUT2D eigenvalue weighted by Gasteiger charge is 2.22. The van der Waals surface area contributed by atoms with Crippen LogP contribution < -0.4 is 9.80 Å². The van der Waals surface area contributed by atoms with Gasteiger partial charge in [0.05, 0.1) is 22.5 Å². The molecule has 0 saturated carbocycles. The van der Waals surface area contributed by atoms with E-state index in [-0.39, 0.29) is 0 Å². The van der Waals surface area contributed by atoms with E-state index in [1.54, 1.807) is 0 Å². The van der Waals surface area contributed by atoms with E-state index in [2.05, 4.69) is 12.1 Å². The summed E-state index contributed by atoms with van der Waals surface area (Å²) in [6.45, 7) is 0. The fourth-order valence-electron chi connectivity index (χ4n) is 4.29. The van der Waals surface area contributed by atoms with Crippen molar-refractivity contribution < 1.29 is 0 Å². The molecule has 0 bridgehead atoms. The van der Waals surface area contributed by atoms with E-state index >= 15 is 0 Å². The summed E-state index contributed by atoms with van der Waals surface area (Å²) in [5, 5.41) is 20.6. The summed E-state index contributed by atoms with van der Waals surface area (Å²) in [4.78, 5) is 4.02. The van der Waals surface area contributed by atoms with Crippen LogP contribution in [0.3, 0.4) is 0 Å². The second kappa shape index (κ2) is 10.3. The lowest BCUT2D eigenvalue weighted by Gasteiger charge is -2.30. The van der Waals surface area contributed by atoms with Crippen LogP contribution in [0.2, 0.25) is 0 Å². The van der Waals surface area contributed by atoms with Crippen molar-refractivity contribution in [2.24, 2.45) is 0 Å². The molecule has 36 heavy (non-hydrogen) atoms. The molecular formula is C32H22N4. The van der Waals surface area contributed by atoms with E-state index in [1.807, 2.05) is 143 Å². The Kier molecular flexibility index (Phi) is 6.43. The zero-order chi connectivity index (χ0) is 24.7. The summed E-state index contributed by atoms with van der Waals surface area (Å²) < 4.78 is 0. The highest BCUT2D eigenvalue weighted by molar-refractivity contribution is 5.87. The first-order valence-electron chi connectivity index (χ1n) is 11.6. The Bertz CT molecular complexity index is 1340. The smallest absolute Gasteiger partial charge is 0.101 e. The molecular weight excluding hydrogens is 440 g/mol. The first-order chi connectivity index (χ1) is 17.8. The number of anilines is 6. The molecule has 0 radical (unpaired) electrons. The number of nitrogens with zero attached hydrogens (tertiary/aromatic N) is 4. The summed E-state index contributed by atoms with van der Waals surface area (Å²) in [6, 6.07) is 47.9. The van der Waals surface area contributed by atoms with Crippen molar-refractivity contribution in [2.75, 3.05) is 9.80 Å². The van der Waals surface area contributed by atoms with Gasteiger partial charge >= 0.3 is 0 Å². The maximum atomic E-state index is 10.3. The van der Waals surface area contributed by atoms with Crippen LogP contribution in [0.1, 0.15) is 11.1 Å². The summed E-state index contributed by atoms with van der Waals surface area (Å²) in [5.41, 5.74) is 5.84. The summed E-state index contributed by atoms with van der Waals surface area (Å²) in [7, 11) is 0. The second-order valence-electron chi connectivity index (χ2n) is 8.12. The Morgan fingerprint density at radius 2 is 0.639 bits per heavy atom. The zero-order valence-electron chi connectivity index (χ0n) is 19.5. The van der Waals surface area contributed by atoms with E-state index in [9.17, 15) is 10.5 Å². The monoisotopic (exact) mass is 462 g/mol. The molecule has 0 atom stereocenters. The van der Waals surface area contributed by atoms with Gasteiger partial charge in [0.2, 0.25) is 0 Å². The van der Waals surface area contributed by atoms with Crippen molar-refractivity contribution >= 4 is 34.1 Å². The number of rotatable bonds is 6. The number of para-hydroxylation sites is 4. The maximum absolute atomic E-state index is 10.3. The molecule has 0 heterocycles. The third-order valence-corrected chi connectivity index (χ3v) is 5.89. The highest BCUT2D eigenvalue weighted by atomic mass is 15.2. The Morgan fingerprint density at radius 1 is 0.389 bits per heavy atom. The molecule has 0 spiro atoms. The Morgan fingerprint density at radius 3 is 0.861 bits per heavy atom. The lowest BCUT2D eigenvalue weighted by atomic mass is 10.0. The van der Waals surface area contributed by atoms with Crippen LogP contribution in [-0.2, 0) is 0 Å². The Hall–Kier alpha value is -5.32. The van der Waals surface area contributed by atoms with Gasteiger partial charge in [0, 0.05) is 22.7 Å². The standard InChI is InChI=1S/C32H22N4/c33-23-25-22-32(36(29-17-9-3-10-18-29)30-19-11-4-12-20-30)26(24-34)21-31(25)35(27-13-5-1-6-14-27)28-15-7-2-8-16-28/h1-22H. The second-order valence-corrected chi connectivity index (χ2v) is 8.12. The van der Waals surface area contributed by atoms with Gasteiger partial charge in [-0.1, -0.05) is 72.8 Å². The third kappa shape index (κ3) is 4.40. The van der Waals surface area contributed by atoms with Crippen LogP contribution >= 0.6 is 0 Å². The van der Waals surface area contributed by atoms with Crippen LogP contribution in [0.5, 0.6) is 0 Å². The molecule has 4 heteroatoms. The van der Waals surface area contributed by atoms with Gasteiger partial charge < -0.3 is 9.80 Å². The minimum atomic E-state index is 0.466. The lowest BCUT2D eigenvalue weighted by molar-refractivity contribution is 1.23. The predicted molar refractivity (Wildman–Crippen MR) is 145 cm³/mol. The Balaban J connectivity index is 1.75. The van der Waals surface area contributed by atoms with Gasteiger partial charge in [0.25, 0.3) is 0 Å². The van der Waals surface area contributed by atoms with Gasteiger partial charge in [-0.3, -0.25) is 0 Å². The zero-order valence-corrected chi connectivity index (χ0v) is 19.5. The van der Waals surface area contributed by atoms with Crippen molar-refractivity contribution in [3.05, 3.63) is 145 Å². The molecule has 0 aliphatic rings. The first-order valence-corrected chi connectivity index (χ1v) is 11.6. The summed E-state index contributed by atoms with van der Waals surface area (Å²) in [6.07, 6.45) is 0. The quantitative estimate of drug-likeness (QED) is 0.254. The van der Waals surface area contributed by atoms with Crippen molar-refractivity contribution in [3.8, 4) is 12.1 Å². The number of hydrogen-bond donors (Lipinski definition) is 0. The van der Waals surface area contributed by atoms with Gasteiger partial charge in [0.15, 0.2) is 0 Å². The minimum Gasteiger partial charge on any atom is -0.309 e. The van der Waals surface area contributed by atoms with Crippen molar-refractivity contribution in [2.45, 2.75) is 0 Å². The number of hydrogen-bond acceptors (Lipinski definition) is 4. The number of nitriles is 2. The van der Waals surface area contributed by atoms with Gasteiger partial charge in [-0.15, -0.1) is 0 Å². The average Bonchev–Trinajstić information content (AvgIpc) is 2.96. The molecule has 0 unspecified atom stereocenters. The minimum absolute atomic E-state index is 0.466. The highest BCUT2D eigenvalue weighted by Crippen LogP contribution is 2.42. The molecule has 0 aliphatic carbocycles. The molecule has 4 nitrogen and oxygen atoms in total. The fraction of sp³-hybridized carbons (Fsp3) is 0. The van der Waals surface area contributed by atoms with Crippen LogP contribution in [0.25, 0.3) is 0 Å². The third-order valence-electron chi connectivity index (χ3n) is 5.89. The van der Waals surface area contributed by atoms with Crippen LogP contribution in [0, 0.1) is 22.7 Å². The predicted octanol–water partition coefficient (Wildman–Crippen LogP) is 8.37. The summed E-state index contributed by atoms with van der Waals surface area (Å²) >= 11 is 0. The van der Waals surface area contributed by atoms with Gasteiger partial charge in [-0.2, -0.15) is 10.5 Å². The molecule has 0 aromatic heterocycles. The summed E-state index contributed by atoms with van der Waals surface area (Å²) in [5.74, 6) is 0. The van der Waals surface area contributed by atoms with E-state index < -0.39 is 0 Å². The molecule has 0 fully saturated rings. The van der Waals surface area contributed by atoms with Crippen molar-refractivity contribution in [1.82, 2.24) is 0 Å². The van der Waals surface area contributed by atoms with Gasteiger partial charge in [-0.25, -0.2) is 0 Å². The van der Waals surface area contributed by atoms with Crippen molar-refractivity contribution in [3.63, 3.8) is 0 Å². The largest absolute Gasteiger partial charge is 0.309 e. The van der Waals surface area contributed by atoms with Crippen LogP contribution in [0.15, 0.2) is 133 Å². The molecule has 0 aliphatic heterocycles. The normalized spacial score (nSPS) is 10.2. The Labute approximate surface area is 211 Å². The maximum Gasteiger partial charge on any atom is 0.101 e. The fourth-order valence-corrected chi connectivity index (χ4v) is 4.29. The molecule has 5 rings (SSSR count). The van der Waals surface area contributed by atoms with E-state index in [4.69, 9.17) is 0 Å². The molecule has 170 valence electrons. The molecule has 5 aromatic rings. The lowest BCUT2D eigenvalue weighted by Crippen LogP contribution is -2.15. The number of benzene rings is 5. The molecule has 0 amide bonds. The molecule has 5 aromatic carbocycles. The topological polar surface area (TPSA) is 54.1 Å². The van der Waals surface area contributed by atoms with Gasteiger partial charge in [0.1, 0.15) is 12.1 Å². The van der Waals surface area contributed by atoms with E-state index in [1.165, 1.54) is 0 Å². The first kappa shape index (κ1) is 22.5. The average molecular weight is 463 g/mol. The van der Waals surface area contributed by atoms with Crippen molar-refractivity contribution in [1.29, 1.82) is 10.5 Å². The SMILES string of the molecule is N#Cc1cc(N(c2ccccc2)c2ccccc2)c(C#N)cc1N(c1ccccc1)c1ccccc1. The van der Waals surface area contributed by atoms with E-state index in [0.717, 1.165) is 22.7 Å². The van der Waals surface area contributed by atoms with Crippen LogP contribution in [0.4, 0.5) is 34.1 Å². The molecule has 0 saturated heterocycles. The molecule has 0 N–H and O–H groups in total. The van der Waals surface area contributed by atoms with Crippen LogP contribution in [-0.4, -0.2) is 0 Å². The van der Waals surface area contributed by atoms with Gasteiger partial charge in [-0.05, 0) is 60.7 Å².